The third-order valence-electron chi connectivity index (χ3n) is 4.83. The summed E-state index contributed by atoms with van der Waals surface area (Å²) < 4.78 is 5.68. The van der Waals surface area contributed by atoms with Crippen molar-refractivity contribution < 1.29 is 9.53 Å². The third kappa shape index (κ3) is 6.53. The molecule has 1 atom stereocenters. The molecular formula is C17H33N3O2. The van der Waals surface area contributed by atoms with Crippen LogP contribution in [-0.2, 0) is 4.74 Å². The molecule has 5 nitrogen and oxygen atoms in total. The highest BCUT2D eigenvalue weighted by Gasteiger charge is 2.22. The third-order valence-corrected chi connectivity index (χ3v) is 4.83. The number of carbonyl (C=O) groups is 1. The van der Waals surface area contributed by atoms with Crippen LogP contribution in [0.1, 0.15) is 51.4 Å². The smallest absolute Gasteiger partial charge is 0.315 e. The Morgan fingerprint density at radius 3 is 2.55 bits per heavy atom. The number of rotatable bonds is 6. The van der Waals surface area contributed by atoms with E-state index in [1.165, 1.54) is 32.2 Å². The van der Waals surface area contributed by atoms with Gasteiger partial charge in [-0.15, -0.1) is 0 Å². The molecule has 0 aromatic heterocycles. The number of nitrogens with zero attached hydrogens (tertiary/aromatic N) is 1. The van der Waals surface area contributed by atoms with Crippen molar-refractivity contribution in [3.63, 3.8) is 0 Å². The van der Waals surface area contributed by atoms with Crippen LogP contribution in [0.4, 0.5) is 4.79 Å². The molecule has 2 rings (SSSR count). The minimum Gasteiger partial charge on any atom is -0.378 e. The van der Waals surface area contributed by atoms with E-state index in [4.69, 9.17) is 4.74 Å². The quantitative estimate of drug-likeness (QED) is 0.792. The Hall–Kier alpha value is -0.810. The average molecular weight is 311 g/mol. The van der Waals surface area contributed by atoms with Crippen LogP contribution in [0.5, 0.6) is 0 Å². The zero-order chi connectivity index (χ0) is 15.8. The maximum absolute atomic E-state index is 11.9. The average Bonchev–Trinajstić information content (AvgIpc) is 2.50. The van der Waals surface area contributed by atoms with Crippen molar-refractivity contribution in [1.29, 1.82) is 0 Å². The Morgan fingerprint density at radius 2 is 1.91 bits per heavy atom. The zero-order valence-electron chi connectivity index (χ0n) is 14.3. The van der Waals surface area contributed by atoms with Gasteiger partial charge < -0.3 is 20.3 Å². The van der Waals surface area contributed by atoms with Crippen LogP contribution < -0.4 is 10.6 Å². The Balaban J connectivity index is 1.54. The number of hydrogen-bond donors (Lipinski definition) is 2. The standard InChI is InChI=1S/C17H33N3O2/c1-20(2)13-14-6-8-15(9-7-14)19-17(21)18-11-10-16-5-3-4-12-22-16/h14-16H,3-13H2,1-2H3,(H2,18,19,21)/t14?,15?,16-/m0/s1. The Labute approximate surface area is 135 Å². The number of urea groups is 1. The molecule has 0 unspecified atom stereocenters. The summed E-state index contributed by atoms with van der Waals surface area (Å²) in [5.74, 6) is 0.791. The normalized spacial score (nSPS) is 29.3. The van der Waals surface area contributed by atoms with Crippen LogP contribution in [-0.4, -0.2) is 56.9 Å². The van der Waals surface area contributed by atoms with Crippen LogP contribution in [0.25, 0.3) is 0 Å². The van der Waals surface area contributed by atoms with Gasteiger partial charge in [-0.3, -0.25) is 0 Å². The van der Waals surface area contributed by atoms with Gasteiger partial charge in [-0.25, -0.2) is 4.79 Å². The van der Waals surface area contributed by atoms with Crippen LogP contribution >= 0.6 is 0 Å². The van der Waals surface area contributed by atoms with Gasteiger partial charge in [0.1, 0.15) is 0 Å². The molecule has 22 heavy (non-hydrogen) atoms. The van der Waals surface area contributed by atoms with Crippen LogP contribution in [0.2, 0.25) is 0 Å². The Morgan fingerprint density at radius 1 is 1.14 bits per heavy atom. The Bertz CT molecular complexity index is 322. The molecule has 0 spiro atoms. The number of ether oxygens (including phenoxy) is 1. The zero-order valence-corrected chi connectivity index (χ0v) is 14.3. The van der Waals surface area contributed by atoms with E-state index in [9.17, 15) is 4.79 Å². The van der Waals surface area contributed by atoms with Crippen LogP contribution in [0.15, 0.2) is 0 Å². The fourth-order valence-electron chi connectivity index (χ4n) is 3.62. The van der Waals surface area contributed by atoms with Gasteiger partial charge in [0.25, 0.3) is 0 Å². The Kier molecular flexibility index (Phi) is 7.46. The predicted octanol–water partition coefficient (Wildman–Crippen LogP) is 2.37. The first-order valence-corrected chi connectivity index (χ1v) is 8.94. The van der Waals surface area contributed by atoms with Crippen molar-refractivity contribution in [3.8, 4) is 0 Å². The molecule has 0 bridgehead atoms. The van der Waals surface area contributed by atoms with E-state index in [1.807, 2.05) is 0 Å². The summed E-state index contributed by atoms with van der Waals surface area (Å²) in [4.78, 5) is 14.2. The summed E-state index contributed by atoms with van der Waals surface area (Å²) in [6.45, 7) is 2.76. The minimum absolute atomic E-state index is 0.00753. The lowest BCUT2D eigenvalue weighted by molar-refractivity contribution is 0.0120. The largest absolute Gasteiger partial charge is 0.378 e. The molecule has 1 heterocycles. The van der Waals surface area contributed by atoms with E-state index in [0.717, 1.165) is 38.2 Å². The van der Waals surface area contributed by atoms with Crippen molar-refractivity contribution in [2.24, 2.45) is 5.92 Å². The van der Waals surface area contributed by atoms with Crippen molar-refractivity contribution >= 4 is 6.03 Å². The molecule has 1 aliphatic heterocycles. The molecule has 2 N–H and O–H groups in total. The SMILES string of the molecule is CN(C)CC1CCC(NC(=O)NCC[C@@H]2CCCCO2)CC1. The first-order chi connectivity index (χ1) is 10.6. The van der Waals surface area contributed by atoms with Crippen molar-refractivity contribution in [3.05, 3.63) is 0 Å². The van der Waals surface area contributed by atoms with E-state index >= 15 is 0 Å². The van der Waals surface area contributed by atoms with Gasteiger partial charge in [0.15, 0.2) is 0 Å². The van der Waals surface area contributed by atoms with E-state index in [1.54, 1.807) is 0 Å². The second kappa shape index (κ2) is 9.36. The maximum atomic E-state index is 11.9. The summed E-state index contributed by atoms with van der Waals surface area (Å²) in [5, 5.41) is 6.11. The molecule has 0 radical (unpaired) electrons. The van der Waals surface area contributed by atoms with Gasteiger partial charge >= 0.3 is 6.03 Å². The first-order valence-electron chi connectivity index (χ1n) is 8.94. The number of amides is 2. The lowest BCUT2D eigenvalue weighted by Crippen LogP contribution is -2.45. The summed E-state index contributed by atoms with van der Waals surface area (Å²) >= 11 is 0. The molecule has 0 aromatic rings. The summed E-state index contributed by atoms with van der Waals surface area (Å²) in [5.41, 5.74) is 0. The first kappa shape index (κ1) is 17.5. The maximum Gasteiger partial charge on any atom is 0.315 e. The second-order valence-electron chi connectivity index (χ2n) is 7.16. The van der Waals surface area contributed by atoms with Gasteiger partial charge in [-0.1, -0.05) is 0 Å². The molecule has 2 amide bonds. The minimum atomic E-state index is -0.00753. The highest BCUT2D eigenvalue weighted by atomic mass is 16.5. The van der Waals surface area contributed by atoms with E-state index in [-0.39, 0.29) is 6.03 Å². The van der Waals surface area contributed by atoms with Gasteiger partial charge in [0.2, 0.25) is 0 Å². The molecule has 5 heteroatoms. The monoisotopic (exact) mass is 311 g/mol. The molecule has 1 aliphatic carbocycles. The summed E-state index contributed by atoms with van der Waals surface area (Å²) in [6.07, 6.45) is 9.51. The molecule has 128 valence electrons. The molecule has 2 fully saturated rings. The molecule has 2 aliphatic rings. The fourth-order valence-corrected chi connectivity index (χ4v) is 3.62. The number of nitrogens with one attached hydrogen (secondary N) is 2. The molecule has 1 saturated heterocycles. The van der Waals surface area contributed by atoms with Gasteiger partial charge in [-0.2, -0.15) is 0 Å². The van der Waals surface area contributed by atoms with Gasteiger partial charge in [-0.05, 0) is 71.4 Å². The number of carbonyl (C=O) groups excluding carboxylic acids is 1. The fraction of sp³-hybridized carbons (Fsp3) is 0.941. The van der Waals surface area contributed by atoms with Crippen molar-refractivity contribution in [1.82, 2.24) is 15.5 Å². The summed E-state index contributed by atoms with van der Waals surface area (Å²) in [7, 11) is 4.27. The van der Waals surface area contributed by atoms with E-state index in [2.05, 4.69) is 29.6 Å². The highest BCUT2D eigenvalue weighted by molar-refractivity contribution is 5.74. The highest BCUT2D eigenvalue weighted by Crippen LogP contribution is 2.24. The summed E-state index contributed by atoms with van der Waals surface area (Å²) in [6, 6.07) is 0.344. The van der Waals surface area contributed by atoms with Crippen molar-refractivity contribution in [2.75, 3.05) is 33.8 Å². The van der Waals surface area contributed by atoms with Crippen LogP contribution in [0.3, 0.4) is 0 Å². The lowest BCUT2D eigenvalue weighted by Gasteiger charge is -2.30. The second-order valence-corrected chi connectivity index (χ2v) is 7.16. The number of hydrogen-bond acceptors (Lipinski definition) is 3. The molecular weight excluding hydrogens is 278 g/mol. The van der Waals surface area contributed by atoms with Crippen LogP contribution in [0, 0.1) is 5.92 Å². The topological polar surface area (TPSA) is 53.6 Å². The molecule has 0 aromatic carbocycles. The molecule has 1 saturated carbocycles. The van der Waals surface area contributed by atoms with Crippen molar-refractivity contribution in [2.45, 2.75) is 63.5 Å². The van der Waals surface area contributed by atoms with E-state index in [0.29, 0.717) is 18.7 Å². The predicted molar refractivity (Wildman–Crippen MR) is 89.0 cm³/mol. The van der Waals surface area contributed by atoms with Gasteiger partial charge in [0.05, 0.1) is 6.10 Å². The van der Waals surface area contributed by atoms with Gasteiger partial charge in [0, 0.05) is 25.7 Å². The van der Waals surface area contributed by atoms with E-state index < -0.39 is 0 Å². The lowest BCUT2D eigenvalue weighted by atomic mass is 9.86.